The van der Waals surface area contributed by atoms with Gasteiger partial charge in [0.25, 0.3) is 5.91 Å². The van der Waals surface area contributed by atoms with Gasteiger partial charge in [-0.05, 0) is 12.1 Å². The van der Waals surface area contributed by atoms with Gasteiger partial charge in [-0.15, -0.1) is 0 Å². The minimum atomic E-state index is -0.679. The molecule has 5 heteroatoms. The maximum Gasteiger partial charge on any atom is 0.299 e. The summed E-state index contributed by atoms with van der Waals surface area (Å²) in [5.41, 5.74) is 0.249. The van der Waals surface area contributed by atoms with Gasteiger partial charge in [0.15, 0.2) is 5.75 Å². The maximum absolute atomic E-state index is 12.6. The maximum atomic E-state index is 12.6. The third-order valence-corrected chi connectivity index (χ3v) is 2.02. The van der Waals surface area contributed by atoms with Crippen molar-refractivity contribution < 1.29 is 13.5 Å². The van der Waals surface area contributed by atoms with E-state index in [9.17, 15) is 9.28 Å². The van der Waals surface area contributed by atoms with Crippen LogP contribution in [0.2, 0.25) is 0 Å². The summed E-state index contributed by atoms with van der Waals surface area (Å²) in [6, 6.07) is 6.52. The second-order valence-electron chi connectivity index (χ2n) is 2.20. The lowest BCUT2D eigenvalue weighted by Gasteiger charge is -2.17. The molecule has 0 bridgehead atoms. The molecule has 0 atom stereocenters. The highest BCUT2D eigenvalue weighted by molar-refractivity contribution is 7.93. The lowest BCUT2D eigenvalue weighted by Crippen LogP contribution is -2.21. The van der Waals surface area contributed by atoms with Gasteiger partial charge in [-0.2, -0.15) is 0 Å². The van der Waals surface area contributed by atoms with Crippen LogP contribution in [0, 0.1) is 0 Å². The number of fused-ring (bicyclic) bond motifs is 1. The van der Waals surface area contributed by atoms with Gasteiger partial charge in [-0.25, -0.2) is 0 Å². The fourth-order valence-electron chi connectivity index (χ4n) is 0.917. The van der Waals surface area contributed by atoms with Gasteiger partial charge < -0.3 is 4.18 Å². The monoisotopic (exact) mass is 185 g/mol. The van der Waals surface area contributed by atoms with E-state index in [0.29, 0.717) is 18.0 Å². The number of hydrogen-bond acceptors (Lipinski definition) is 3. The van der Waals surface area contributed by atoms with Gasteiger partial charge in [-0.1, -0.05) is 21.1 Å². The quantitative estimate of drug-likeness (QED) is 0.351. The molecular weight excluding hydrogens is 181 g/mol. The molecule has 0 saturated carbocycles. The van der Waals surface area contributed by atoms with E-state index in [1.165, 1.54) is 6.07 Å². The summed E-state index contributed by atoms with van der Waals surface area (Å²) in [6.45, 7) is 0. The molecule has 0 N–H and O–H groups in total. The van der Waals surface area contributed by atoms with Crippen molar-refractivity contribution in [3.8, 4) is 5.75 Å². The molecule has 3 nitrogen and oxygen atoms in total. The van der Waals surface area contributed by atoms with Gasteiger partial charge in [0.05, 0.1) is 5.56 Å². The van der Waals surface area contributed by atoms with Gasteiger partial charge in [0.1, 0.15) is 0 Å². The molecule has 1 aromatic rings. The van der Waals surface area contributed by atoms with E-state index >= 15 is 0 Å². The van der Waals surface area contributed by atoms with E-state index in [0.717, 1.165) is 0 Å². The van der Waals surface area contributed by atoms with Crippen LogP contribution in [0.3, 0.4) is 0 Å². The first kappa shape index (κ1) is 7.42. The zero-order chi connectivity index (χ0) is 8.55. The molecule has 0 unspecified atom stereocenters. The summed E-state index contributed by atoms with van der Waals surface area (Å²) in [4.78, 5) is 11.1. The van der Waals surface area contributed by atoms with Crippen molar-refractivity contribution >= 4 is 18.1 Å². The Bertz CT molecular complexity index is 331. The topological polar surface area (TPSA) is 29.5 Å². The van der Waals surface area contributed by atoms with Gasteiger partial charge >= 0.3 is 0 Å². The van der Waals surface area contributed by atoms with Crippen LogP contribution in [0.25, 0.3) is 0 Å². The minimum absolute atomic E-state index is 0.0394. The Kier molecular flexibility index (Phi) is 1.65. The van der Waals surface area contributed by atoms with Crippen LogP contribution in [0.1, 0.15) is 10.4 Å². The third-order valence-electron chi connectivity index (χ3n) is 1.47. The van der Waals surface area contributed by atoms with E-state index < -0.39 is 5.91 Å². The summed E-state index contributed by atoms with van der Waals surface area (Å²) >= 11 is 0.386. The number of rotatable bonds is 0. The summed E-state index contributed by atoms with van der Waals surface area (Å²) < 4.78 is 17.4. The molecule has 0 radical (unpaired) electrons. The van der Waals surface area contributed by atoms with Crippen molar-refractivity contribution in [2.24, 2.45) is 0 Å². The van der Waals surface area contributed by atoms with Crippen molar-refractivity contribution in [2.45, 2.75) is 0 Å². The van der Waals surface area contributed by atoms with Crippen molar-refractivity contribution in [1.82, 2.24) is 4.53 Å². The predicted molar refractivity (Wildman–Crippen MR) is 41.9 cm³/mol. The summed E-state index contributed by atoms with van der Waals surface area (Å²) in [5, 5.41) is 0. The highest BCUT2D eigenvalue weighted by atomic mass is 32.2. The standard InChI is InChI=1S/C7H4FNO2S/c8-9-7(10)5-3-1-2-4-6(5)11-12-9/h1-4H. The summed E-state index contributed by atoms with van der Waals surface area (Å²) in [6.07, 6.45) is 0. The Morgan fingerprint density at radius 3 is 3.00 bits per heavy atom. The van der Waals surface area contributed by atoms with Crippen LogP contribution in [0.5, 0.6) is 5.75 Å². The normalized spacial score (nSPS) is 15.4. The van der Waals surface area contributed by atoms with Crippen molar-refractivity contribution in [3.63, 3.8) is 0 Å². The van der Waals surface area contributed by atoms with Gasteiger partial charge in [0.2, 0.25) is 12.2 Å². The zero-order valence-corrected chi connectivity index (χ0v) is 6.68. The zero-order valence-electron chi connectivity index (χ0n) is 5.86. The van der Waals surface area contributed by atoms with Gasteiger partial charge in [0, 0.05) is 0 Å². The number of amides is 1. The molecule has 0 aliphatic carbocycles. The molecule has 2 rings (SSSR count). The molecular formula is C7H4FNO2S. The number of benzene rings is 1. The van der Waals surface area contributed by atoms with E-state index in [1.807, 2.05) is 0 Å². The molecule has 0 spiro atoms. The number of hydrogen-bond donors (Lipinski definition) is 0. The highest BCUT2D eigenvalue weighted by Gasteiger charge is 2.26. The molecule has 62 valence electrons. The molecule has 1 heterocycles. The van der Waals surface area contributed by atoms with Gasteiger partial charge in [-0.3, -0.25) is 4.79 Å². The van der Waals surface area contributed by atoms with E-state index in [2.05, 4.69) is 0 Å². The van der Waals surface area contributed by atoms with Crippen LogP contribution in [-0.2, 0) is 0 Å². The fraction of sp³-hybridized carbons (Fsp3) is 0. The van der Waals surface area contributed by atoms with E-state index in [-0.39, 0.29) is 10.1 Å². The third kappa shape index (κ3) is 1.02. The summed E-state index contributed by atoms with van der Waals surface area (Å²) in [5.74, 6) is -0.275. The Morgan fingerprint density at radius 2 is 2.17 bits per heavy atom. The first-order valence-corrected chi connectivity index (χ1v) is 3.93. The fourth-order valence-corrected chi connectivity index (χ4v) is 1.37. The Labute approximate surface area is 72.4 Å². The Morgan fingerprint density at radius 1 is 1.42 bits per heavy atom. The molecule has 1 aliphatic rings. The molecule has 0 aromatic heterocycles. The molecule has 0 fully saturated rings. The molecule has 1 aromatic carbocycles. The second kappa shape index (κ2) is 2.67. The first-order chi connectivity index (χ1) is 5.79. The SMILES string of the molecule is O=C1c2ccccc2OSN1F. The largest absolute Gasteiger partial charge is 0.403 e. The lowest BCUT2D eigenvalue weighted by atomic mass is 10.2. The lowest BCUT2D eigenvalue weighted by molar-refractivity contribution is 0.0591. The van der Waals surface area contributed by atoms with E-state index in [1.54, 1.807) is 18.2 Å². The minimum Gasteiger partial charge on any atom is -0.403 e. The molecule has 12 heavy (non-hydrogen) atoms. The first-order valence-electron chi connectivity index (χ1n) is 3.23. The molecule has 1 aliphatic heterocycles. The average Bonchev–Trinajstić information content (AvgIpc) is 2.12. The molecule has 1 amide bonds. The average molecular weight is 185 g/mol. The van der Waals surface area contributed by atoms with Crippen LogP contribution in [0.4, 0.5) is 4.48 Å². The van der Waals surface area contributed by atoms with Crippen LogP contribution in [0.15, 0.2) is 24.3 Å². The van der Waals surface area contributed by atoms with Crippen molar-refractivity contribution in [3.05, 3.63) is 29.8 Å². The number of para-hydroxylation sites is 1. The Hall–Kier alpha value is -1.23. The van der Waals surface area contributed by atoms with Crippen molar-refractivity contribution in [1.29, 1.82) is 0 Å². The van der Waals surface area contributed by atoms with Crippen LogP contribution in [-0.4, -0.2) is 10.4 Å². The van der Waals surface area contributed by atoms with Crippen LogP contribution >= 0.6 is 12.2 Å². The molecule has 0 saturated heterocycles. The number of carbonyl (C=O) groups is 1. The summed E-state index contributed by atoms with van der Waals surface area (Å²) in [7, 11) is 0. The van der Waals surface area contributed by atoms with Crippen molar-refractivity contribution in [2.75, 3.05) is 0 Å². The smallest absolute Gasteiger partial charge is 0.299 e. The van der Waals surface area contributed by atoms with E-state index in [4.69, 9.17) is 4.18 Å². The second-order valence-corrected chi connectivity index (χ2v) is 2.84. The number of carbonyl (C=O) groups excluding carboxylic acids is 1. The predicted octanol–water partition coefficient (Wildman–Crippen LogP) is 1.97. The number of nitrogens with zero attached hydrogens (tertiary/aromatic N) is 1. The highest BCUT2D eigenvalue weighted by Crippen LogP contribution is 2.31. The van der Waals surface area contributed by atoms with Crippen LogP contribution < -0.4 is 4.18 Å². The number of halogens is 1. The Balaban J connectivity index is 2.49.